The van der Waals surface area contributed by atoms with Gasteiger partial charge in [0.25, 0.3) is 11.8 Å². The van der Waals surface area contributed by atoms with Gasteiger partial charge in [0, 0.05) is 24.2 Å². The van der Waals surface area contributed by atoms with Crippen LogP contribution in [0.25, 0.3) is 0 Å². The zero-order valence-corrected chi connectivity index (χ0v) is 33.1. The van der Waals surface area contributed by atoms with Gasteiger partial charge in [0.05, 0.1) is 0 Å². The summed E-state index contributed by atoms with van der Waals surface area (Å²) in [7, 11) is 0. The van der Waals surface area contributed by atoms with Crippen LogP contribution in [0.5, 0.6) is 11.5 Å². The second kappa shape index (κ2) is 31.9. The van der Waals surface area contributed by atoms with Crippen molar-refractivity contribution < 1.29 is 14.3 Å². The van der Waals surface area contributed by atoms with Crippen molar-refractivity contribution in [1.82, 2.24) is 10.6 Å². The molecule has 5 heteroatoms. The predicted octanol–water partition coefficient (Wildman–Crippen LogP) is 13.9. The van der Waals surface area contributed by atoms with Crippen molar-refractivity contribution in [1.29, 1.82) is 0 Å². The molecule has 0 fully saturated rings. The van der Waals surface area contributed by atoms with Gasteiger partial charge in [0.15, 0.2) is 0 Å². The van der Waals surface area contributed by atoms with E-state index in [2.05, 4.69) is 24.5 Å². The van der Waals surface area contributed by atoms with E-state index in [1.54, 1.807) is 24.3 Å². The first-order valence-electron chi connectivity index (χ1n) is 21.6. The lowest BCUT2D eigenvalue weighted by Crippen LogP contribution is -2.24. The largest absolute Gasteiger partial charge is 0.457 e. The maximum atomic E-state index is 12.6. The van der Waals surface area contributed by atoms with E-state index in [0.717, 1.165) is 12.8 Å². The van der Waals surface area contributed by atoms with Crippen LogP contribution in [0, 0.1) is 0 Å². The molecule has 2 aromatic carbocycles. The smallest absolute Gasteiger partial charge is 0.251 e. The average Bonchev–Trinajstić information content (AvgIpc) is 3.15. The first-order valence-corrected chi connectivity index (χ1v) is 21.6. The molecule has 0 aliphatic rings. The molecule has 0 bridgehead atoms. The number of hydrogen-bond acceptors (Lipinski definition) is 3. The summed E-state index contributed by atoms with van der Waals surface area (Å²) in [6.45, 7) is 5.99. The van der Waals surface area contributed by atoms with Crippen LogP contribution in [-0.2, 0) is 0 Å². The van der Waals surface area contributed by atoms with Crippen molar-refractivity contribution in [3.05, 3.63) is 59.7 Å². The lowest BCUT2D eigenvalue weighted by atomic mass is 10.0. The van der Waals surface area contributed by atoms with E-state index < -0.39 is 0 Å². The minimum absolute atomic E-state index is 0.0410. The zero-order valence-electron chi connectivity index (χ0n) is 33.1. The summed E-state index contributed by atoms with van der Waals surface area (Å²) in [5, 5.41) is 6.11. The molecule has 2 rings (SSSR count). The number of benzene rings is 2. The van der Waals surface area contributed by atoms with Gasteiger partial charge in [0.1, 0.15) is 11.5 Å². The molecule has 0 radical (unpaired) electrons. The normalized spacial score (nSPS) is 11.1. The van der Waals surface area contributed by atoms with Crippen LogP contribution in [0.3, 0.4) is 0 Å². The van der Waals surface area contributed by atoms with Crippen molar-refractivity contribution in [3.63, 3.8) is 0 Å². The van der Waals surface area contributed by atoms with Gasteiger partial charge < -0.3 is 15.4 Å². The standard InChI is InChI=1S/C46H76N2O3/c1-3-5-7-9-11-13-15-17-19-21-23-25-27-29-39-47-45(49)41-31-35-43(36-32-41)51-44-37-33-42(34-38-44)46(50)48-40-30-28-26-24-22-20-18-16-14-12-10-8-6-4-2/h31-38H,3-30,39-40H2,1-2H3,(H,47,49)(H,48,50). The lowest BCUT2D eigenvalue weighted by molar-refractivity contribution is 0.0944. The summed E-state index contributed by atoms with van der Waals surface area (Å²) in [6, 6.07) is 14.5. The maximum Gasteiger partial charge on any atom is 0.251 e. The highest BCUT2D eigenvalue weighted by Crippen LogP contribution is 2.22. The molecule has 51 heavy (non-hydrogen) atoms. The summed E-state index contributed by atoms with van der Waals surface area (Å²) in [6.07, 6.45) is 37.3. The fraction of sp³-hybridized carbons (Fsp3) is 0.696. The van der Waals surface area contributed by atoms with Crippen LogP contribution in [0.4, 0.5) is 0 Å². The molecule has 288 valence electrons. The van der Waals surface area contributed by atoms with E-state index in [1.807, 2.05) is 24.3 Å². The molecule has 5 nitrogen and oxygen atoms in total. The summed E-state index contributed by atoms with van der Waals surface area (Å²) in [5.74, 6) is 1.24. The molecule has 0 aliphatic heterocycles. The number of amides is 2. The van der Waals surface area contributed by atoms with Gasteiger partial charge in [-0.3, -0.25) is 9.59 Å². The molecule has 0 saturated heterocycles. The van der Waals surface area contributed by atoms with Crippen molar-refractivity contribution in [2.24, 2.45) is 0 Å². The maximum absolute atomic E-state index is 12.6. The monoisotopic (exact) mass is 705 g/mol. The van der Waals surface area contributed by atoms with Crippen LogP contribution >= 0.6 is 0 Å². The van der Waals surface area contributed by atoms with Gasteiger partial charge in [-0.2, -0.15) is 0 Å². The third-order valence-corrected chi connectivity index (χ3v) is 10.1. The molecule has 2 amide bonds. The number of ether oxygens (including phenoxy) is 1. The Morgan fingerprint density at radius 1 is 0.373 bits per heavy atom. The molecule has 0 aromatic heterocycles. The van der Waals surface area contributed by atoms with E-state index in [-0.39, 0.29) is 11.8 Å². The van der Waals surface area contributed by atoms with E-state index in [1.165, 1.54) is 167 Å². The Morgan fingerprint density at radius 2 is 0.608 bits per heavy atom. The third kappa shape index (κ3) is 24.1. The zero-order chi connectivity index (χ0) is 36.5. The van der Waals surface area contributed by atoms with Crippen LogP contribution in [0.1, 0.15) is 214 Å². The van der Waals surface area contributed by atoms with Gasteiger partial charge >= 0.3 is 0 Å². The van der Waals surface area contributed by atoms with Crippen LogP contribution in [0.2, 0.25) is 0 Å². The molecule has 0 saturated carbocycles. The number of carbonyl (C=O) groups excluding carboxylic acids is 2. The molecular formula is C46H76N2O3. The van der Waals surface area contributed by atoms with Gasteiger partial charge in [-0.1, -0.05) is 181 Å². The molecule has 0 aliphatic carbocycles. The molecule has 0 unspecified atom stereocenters. The number of unbranched alkanes of at least 4 members (excludes halogenated alkanes) is 26. The van der Waals surface area contributed by atoms with Crippen molar-refractivity contribution >= 4 is 11.8 Å². The van der Waals surface area contributed by atoms with Crippen LogP contribution < -0.4 is 15.4 Å². The van der Waals surface area contributed by atoms with E-state index >= 15 is 0 Å². The quantitative estimate of drug-likeness (QED) is 0.0713. The molecule has 2 aromatic rings. The summed E-state index contributed by atoms with van der Waals surface area (Å²) >= 11 is 0. The van der Waals surface area contributed by atoms with E-state index in [4.69, 9.17) is 4.74 Å². The van der Waals surface area contributed by atoms with Gasteiger partial charge in [-0.25, -0.2) is 0 Å². The Kier molecular flexibility index (Phi) is 27.7. The highest BCUT2D eigenvalue weighted by atomic mass is 16.5. The molecular weight excluding hydrogens is 629 g/mol. The van der Waals surface area contributed by atoms with Crippen molar-refractivity contribution in [2.45, 2.75) is 194 Å². The first-order chi connectivity index (χ1) is 25.1. The van der Waals surface area contributed by atoms with Crippen molar-refractivity contribution in [3.8, 4) is 11.5 Å². The third-order valence-electron chi connectivity index (χ3n) is 10.1. The second-order valence-electron chi connectivity index (χ2n) is 14.9. The number of nitrogens with one attached hydrogen (secondary N) is 2. The van der Waals surface area contributed by atoms with Gasteiger partial charge in [-0.05, 0) is 61.4 Å². The van der Waals surface area contributed by atoms with Crippen molar-refractivity contribution in [2.75, 3.05) is 13.1 Å². The Morgan fingerprint density at radius 3 is 0.863 bits per heavy atom. The number of hydrogen-bond donors (Lipinski definition) is 2. The van der Waals surface area contributed by atoms with Gasteiger partial charge in [-0.15, -0.1) is 0 Å². The summed E-state index contributed by atoms with van der Waals surface area (Å²) in [5.41, 5.74) is 1.28. The Labute approximate surface area is 313 Å². The molecule has 2 N–H and O–H groups in total. The van der Waals surface area contributed by atoms with E-state index in [0.29, 0.717) is 35.7 Å². The Balaban J connectivity index is 1.46. The van der Waals surface area contributed by atoms with Crippen LogP contribution in [0.15, 0.2) is 48.5 Å². The summed E-state index contributed by atoms with van der Waals surface area (Å²) < 4.78 is 5.97. The molecule has 0 heterocycles. The lowest BCUT2D eigenvalue weighted by Gasteiger charge is -2.09. The minimum atomic E-state index is -0.0410. The average molecular weight is 705 g/mol. The highest BCUT2D eigenvalue weighted by Gasteiger charge is 2.08. The van der Waals surface area contributed by atoms with Gasteiger partial charge in [0.2, 0.25) is 0 Å². The Bertz CT molecular complexity index is 1010. The second-order valence-corrected chi connectivity index (χ2v) is 14.9. The first kappa shape index (κ1) is 44.3. The van der Waals surface area contributed by atoms with Crippen LogP contribution in [-0.4, -0.2) is 24.9 Å². The predicted molar refractivity (Wildman–Crippen MR) is 218 cm³/mol. The fourth-order valence-electron chi connectivity index (χ4n) is 6.73. The number of carbonyl (C=O) groups is 2. The SMILES string of the molecule is CCCCCCCCCCCCCCCCNC(=O)c1ccc(Oc2ccc(C(=O)NCCCCCCCCCCCCCCCC)cc2)cc1. The topological polar surface area (TPSA) is 67.4 Å². The minimum Gasteiger partial charge on any atom is -0.457 e. The Hall–Kier alpha value is -2.82. The molecule has 0 atom stereocenters. The molecule has 0 spiro atoms. The van der Waals surface area contributed by atoms with E-state index in [9.17, 15) is 9.59 Å². The summed E-state index contributed by atoms with van der Waals surface area (Å²) in [4.78, 5) is 25.2. The fourth-order valence-corrected chi connectivity index (χ4v) is 6.73. The highest BCUT2D eigenvalue weighted by molar-refractivity contribution is 5.94. The number of rotatable bonds is 34.